The zero-order valence-electron chi connectivity index (χ0n) is 11.7. The predicted molar refractivity (Wildman–Crippen MR) is 71.8 cm³/mol. The number of aryl methyl sites for hydroxylation is 1. The number of carbonyl (C=O) groups excluding carboxylic acids is 1. The van der Waals surface area contributed by atoms with Gasteiger partial charge in [0.1, 0.15) is 5.69 Å². The van der Waals surface area contributed by atoms with Crippen molar-refractivity contribution in [2.45, 2.75) is 45.7 Å². The molecule has 18 heavy (non-hydrogen) atoms. The SMILES string of the molecule is CCC(C)(C)N(C)C(=O)c1cn2c(n1)NCCC2. The summed E-state index contributed by atoms with van der Waals surface area (Å²) in [5.41, 5.74) is 0.387. The van der Waals surface area contributed by atoms with Gasteiger partial charge in [0, 0.05) is 31.9 Å². The summed E-state index contributed by atoms with van der Waals surface area (Å²) in [4.78, 5) is 18.5. The van der Waals surface area contributed by atoms with E-state index < -0.39 is 0 Å². The Morgan fingerprint density at radius 3 is 2.94 bits per heavy atom. The van der Waals surface area contributed by atoms with Gasteiger partial charge < -0.3 is 14.8 Å². The lowest BCUT2D eigenvalue weighted by molar-refractivity contribution is 0.0614. The average Bonchev–Trinajstić information content (AvgIpc) is 2.80. The van der Waals surface area contributed by atoms with Crippen LogP contribution in [-0.2, 0) is 6.54 Å². The molecular formula is C13H22N4O. The van der Waals surface area contributed by atoms with Crippen molar-refractivity contribution in [3.05, 3.63) is 11.9 Å². The largest absolute Gasteiger partial charge is 0.356 e. The number of carbonyl (C=O) groups is 1. The lowest BCUT2D eigenvalue weighted by atomic mass is 10.00. The quantitative estimate of drug-likeness (QED) is 0.892. The van der Waals surface area contributed by atoms with Crippen LogP contribution in [-0.4, -0.2) is 39.5 Å². The molecule has 100 valence electrons. The van der Waals surface area contributed by atoms with Crippen molar-refractivity contribution in [1.29, 1.82) is 0 Å². The van der Waals surface area contributed by atoms with Gasteiger partial charge in [0.15, 0.2) is 0 Å². The molecule has 5 heteroatoms. The second-order valence-electron chi connectivity index (χ2n) is 5.45. The van der Waals surface area contributed by atoms with Gasteiger partial charge in [0.2, 0.25) is 5.95 Å². The Kier molecular flexibility index (Phi) is 3.32. The first-order valence-electron chi connectivity index (χ1n) is 6.55. The van der Waals surface area contributed by atoms with Gasteiger partial charge in [-0.15, -0.1) is 0 Å². The van der Waals surface area contributed by atoms with Gasteiger partial charge in [0.05, 0.1) is 0 Å². The van der Waals surface area contributed by atoms with Crippen LogP contribution >= 0.6 is 0 Å². The maximum atomic E-state index is 12.4. The molecule has 0 saturated heterocycles. The Labute approximate surface area is 108 Å². The average molecular weight is 250 g/mol. The van der Waals surface area contributed by atoms with Crippen molar-refractivity contribution in [2.24, 2.45) is 0 Å². The number of hydrogen-bond acceptors (Lipinski definition) is 3. The molecule has 0 saturated carbocycles. The van der Waals surface area contributed by atoms with Crippen molar-refractivity contribution >= 4 is 11.9 Å². The number of amides is 1. The van der Waals surface area contributed by atoms with E-state index in [1.54, 1.807) is 4.90 Å². The van der Waals surface area contributed by atoms with Gasteiger partial charge in [-0.05, 0) is 26.7 Å². The molecule has 0 aliphatic carbocycles. The summed E-state index contributed by atoms with van der Waals surface area (Å²) in [7, 11) is 1.84. The van der Waals surface area contributed by atoms with E-state index in [2.05, 4.69) is 31.1 Å². The Bertz CT molecular complexity index is 426. The smallest absolute Gasteiger partial charge is 0.274 e. The van der Waals surface area contributed by atoms with Gasteiger partial charge in [-0.1, -0.05) is 6.92 Å². The number of hydrogen-bond donors (Lipinski definition) is 1. The van der Waals surface area contributed by atoms with Crippen LogP contribution in [0, 0.1) is 0 Å². The molecule has 1 aromatic rings. The normalized spacial score (nSPS) is 14.9. The summed E-state index contributed by atoms with van der Waals surface area (Å²) in [5, 5.41) is 3.21. The Balaban J connectivity index is 2.21. The van der Waals surface area contributed by atoms with Crippen molar-refractivity contribution in [1.82, 2.24) is 14.5 Å². The summed E-state index contributed by atoms with van der Waals surface area (Å²) < 4.78 is 2.02. The van der Waals surface area contributed by atoms with E-state index in [-0.39, 0.29) is 11.4 Å². The Hall–Kier alpha value is -1.52. The van der Waals surface area contributed by atoms with Gasteiger partial charge in [-0.3, -0.25) is 4.79 Å². The van der Waals surface area contributed by atoms with E-state index in [4.69, 9.17) is 0 Å². The van der Waals surface area contributed by atoms with Crippen LogP contribution in [0.5, 0.6) is 0 Å². The number of fused-ring (bicyclic) bond motifs is 1. The predicted octanol–water partition coefficient (Wildman–Crippen LogP) is 1.96. The second-order valence-corrected chi connectivity index (χ2v) is 5.45. The third kappa shape index (κ3) is 2.21. The van der Waals surface area contributed by atoms with Crippen molar-refractivity contribution in [3.8, 4) is 0 Å². The summed E-state index contributed by atoms with van der Waals surface area (Å²) in [5.74, 6) is 0.804. The summed E-state index contributed by atoms with van der Waals surface area (Å²) in [6.07, 6.45) is 3.85. The molecule has 0 spiro atoms. The molecular weight excluding hydrogens is 228 g/mol. The van der Waals surface area contributed by atoms with Crippen LogP contribution < -0.4 is 5.32 Å². The highest BCUT2D eigenvalue weighted by Gasteiger charge is 2.28. The molecule has 1 aromatic heterocycles. The number of rotatable bonds is 3. The number of nitrogens with one attached hydrogen (secondary N) is 1. The van der Waals surface area contributed by atoms with Crippen LogP contribution in [0.25, 0.3) is 0 Å². The van der Waals surface area contributed by atoms with Crippen molar-refractivity contribution < 1.29 is 4.79 Å². The molecule has 1 N–H and O–H groups in total. The van der Waals surface area contributed by atoms with Gasteiger partial charge >= 0.3 is 0 Å². The Morgan fingerprint density at radius 1 is 1.61 bits per heavy atom. The number of nitrogens with zero attached hydrogens (tertiary/aromatic N) is 3. The fraction of sp³-hybridized carbons (Fsp3) is 0.692. The van der Waals surface area contributed by atoms with E-state index >= 15 is 0 Å². The minimum absolute atomic E-state index is 0.00875. The number of anilines is 1. The van der Waals surface area contributed by atoms with Gasteiger partial charge in [0.25, 0.3) is 5.91 Å². The molecule has 1 aliphatic rings. The number of imidazole rings is 1. The van der Waals surface area contributed by atoms with Crippen LogP contribution in [0.2, 0.25) is 0 Å². The molecule has 1 aliphatic heterocycles. The highest BCUT2D eigenvalue weighted by Crippen LogP contribution is 2.21. The van der Waals surface area contributed by atoms with Crippen molar-refractivity contribution in [2.75, 3.05) is 18.9 Å². The third-order valence-electron chi connectivity index (χ3n) is 3.93. The molecule has 2 rings (SSSR count). The van der Waals surface area contributed by atoms with E-state index in [1.165, 1.54) is 0 Å². The minimum Gasteiger partial charge on any atom is -0.356 e. The molecule has 2 heterocycles. The maximum absolute atomic E-state index is 12.4. The summed E-state index contributed by atoms with van der Waals surface area (Å²) in [6.45, 7) is 8.09. The lowest BCUT2D eigenvalue weighted by Crippen LogP contribution is -2.44. The first kappa shape index (κ1) is 12.9. The molecule has 0 radical (unpaired) electrons. The van der Waals surface area contributed by atoms with Crippen LogP contribution in [0.1, 0.15) is 44.1 Å². The zero-order chi connectivity index (χ0) is 13.3. The van der Waals surface area contributed by atoms with Gasteiger partial charge in [-0.25, -0.2) is 4.98 Å². The van der Waals surface area contributed by atoms with E-state index in [1.807, 2.05) is 17.8 Å². The molecule has 0 fully saturated rings. The topological polar surface area (TPSA) is 50.2 Å². The lowest BCUT2D eigenvalue weighted by Gasteiger charge is -2.34. The van der Waals surface area contributed by atoms with Crippen LogP contribution in [0.3, 0.4) is 0 Å². The molecule has 5 nitrogen and oxygen atoms in total. The fourth-order valence-electron chi connectivity index (χ4n) is 1.96. The highest BCUT2D eigenvalue weighted by molar-refractivity contribution is 5.93. The first-order valence-corrected chi connectivity index (χ1v) is 6.55. The monoisotopic (exact) mass is 250 g/mol. The maximum Gasteiger partial charge on any atom is 0.274 e. The summed E-state index contributed by atoms with van der Waals surface area (Å²) in [6, 6.07) is 0. The molecule has 0 atom stereocenters. The molecule has 0 bridgehead atoms. The van der Waals surface area contributed by atoms with Crippen LogP contribution in [0.4, 0.5) is 5.95 Å². The first-order chi connectivity index (χ1) is 8.45. The van der Waals surface area contributed by atoms with E-state index in [9.17, 15) is 4.79 Å². The Morgan fingerprint density at radius 2 is 2.33 bits per heavy atom. The second kappa shape index (κ2) is 4.63. The fourth-order valence-corrected chi connectivity index (χ4v) is 1.96. The zero-order valence-corrected chi connectivity index (χ0v) is 11.7. The molecule has 0 unspecified atom stereocenters. The number of aromatic nitrogens is 2. The third-order valence-corrected chi connectivity index (χ3v) is 3.93. The molecule has 1 amide bonds. The molecule has 0 aromatic carbocycles. The highest BCUT2D eigenvalue weighted by atomic mass is 16.2. The minimum atomic E-state index is -0.144. The summed E-state index contributed by atoms with van der Waals surface area (Å²) >= 11 is 0. The van der Waals surface area contributed by atoms with Crippen molar-refractivity contribution in [3.63, 3.8) is 0 Å². The van der Waals surface area contributed by atoms with E-state index in [0.717, 1.165) is 31.9 Å². The van der Waals surface area contributed by atoms with Crippen LogP contribution in [0.15, 0.2) is 6.20 Å². The van der Waals surface area contributed by atoms with Gasteiger partial charge in [-0.2, -0.15) is 0 Å². The standard InChI is InChI=1S/C13H22N4O/c1-5-13(2,3)16(4)11(18)10-9-17-8-6-7-14-12(17)15-10/h9H,5-8H2,1-4H3,(H,14,15). The van der Waals surface area contributed by atoms with E-state index in [0.29, 0.717) is 5.69 Å².